The second kappa shape index (κ2) is 5.44. The van der Waals surface area contributed by atoms with Crippen molar-refractivity contribution in [3.63, 3.8) is 0 Å². The van der Waals surface area contributed by atoms with E-state index in [4.69, 9.17) is 4.74 Å². The van der Waals surface area contributed by atoms with Crippen LogP contribution in [-0.4, -0.2) is 19.0 Å². The summed E-state index contributed by atoms with van der Waals surface area (Å²) in [5.74, 6) is 2.94. The Morgan fingerprint density at radius 2 is 2.04 bits per heavy atom. The van der Waals surface area contributed by atoms with Crippen LogP contribution in [0.3, 0.4) is 0 Å². The predicted molar refractivity (Wildman–Crippen MR) is 92.1 cm³/mol. The molecule has 0 heterocycles. The minimum atomic E-state index is 0.351. The summed E-state index contributed by atoms with van der Waals surface area (Å²) in [7, 11) is 1.91. The first-order valence-electron chi connectivity index (χ1n) is 9.79. The van der Waals surface area contributed by atoms with E-state index in [2.05, 4.69) is 19.9 Å². The molecule has 0 bridgehead atoms. The molecule has 0 saturated heterocycles. The predicted octanol–water partition coefficient (Wildman–Crippen LogP) is 4.92. The third-order valence-corrected chi connectivity index (χ3v) is 8.49. The Hall–Kier alpha value is -0.630. The Morgan fingerprint density at radius 3 is 2.78 bits per heavy atom. The summed E-state index contributed by atoms with van der Waals surface area (Å²) in [5.41, 5.74) is 2.26. The zero-order valence-electron chi connectivity index (χ0n) is 15.1. The minimum absolute atomic E-state index is 0.351. The SMILES string of the molecule is CC[C@]12CCC(=O)CC1=CC[C@@H]1[C@@H]2CC[C@]2(C)[C@@H](OC)CC[C@@H]12. The molecule has 4 aliphatic carbocycles. The molecule has 2 heteroatoms. The highest BCUT2D eigenvalue weighted by Crippen LogP contribution is 2.65. The van der Waals surface area contributed by atoms with E-state index in [1.165, 1.54) is 44.1 Å². The third-order valence-electron chi connectivity index (χ3n) is 8.49. The van der Waals surface area contributed by atoms with Gasteiger partial charge in [0, 0.05) is 20.0 Å². The Morgan fingerprint density at radius 1 is 1.22 bits per heavy atom. The monoisotopic (exact) mass is 316 g/mol. The van der Waals surface area contributed by atoms with E-state index in [1.807, 2.05) is 7.11 Å². The van der Waals surface area contributed by atoms with Crippen molar-refractivity contribution in [2.24, 2.45) is 28.6 Å². The van der Waals surface area contributed by atoms with E-state index in [-0.39, 0.29) is 0 Å². The second-order valence-electron chi connectivity index (χ2n) is 8.91. The van der Waals surface area contributed by atoms with Crippen molar-refractivity contribution in [3.05, 3.63) is 11.6 Å². The van der Waals surface area contributed by atoms with Gasteiger partial charge < -0.3 is 4.74 Å². The van der Waals surface area contributed by atoms with Crippen LogP contribution in [0.1, 0.15) is 71.6 Å². The van der Waals surface area contributed by atoms with E-state index >= 15 is 0 Å². The molecule has 3 fully saturated rings. The summed E-state index contributed by atoms with van der Waals surface area (Å²) in [6.45, 7) is 4.86. The summed E-state index contributed by atoms with van der Waals surface area (Å²) >= 11 is 0. The molecule has 23 heavy (non-hydrogen) atoms. The number of ether oxygens (including phenoxy) is 1. The lowest BCUT2D eigenvalue weighted by Gasteiger charge is -2.58. The maximum atomic E-state index is 12.0. The van der Waals surface area contributed by atoms with Crippen molar-refractivity contribution >= 4 is 5.78 Å². The minimum Gasteiger partial charge on any atom is -0.381 e. The average molecular weight is 316 g/mol. The molecule has 0 aliphatic heterocycles. The van der Waals surface area contributed by atoms with Crippen LogP contribution >= 0.6 is 0 Å². The van der Waals surface area contributed by atoms with Crippen LogP contribution in [0.15, 0.2) is 11.6 Å². The van der Waals surface area contributed by atoms with Gasteiger partial charge in [-0.1, -0.05) is 25.5 Å². The number of allylic oxidation sites excluding steroid dienone is 2. The van der Waals surface area contributed by atoms with Crippen molar-refractivity contribution in [1.29, 1.82) is 0 Å². The van der Waals surface area contributed by atoms with Crippen molar-refractivity contribution in [1.82, 2.24) is 0 Å². The molecule has 0 radical (unpaired) electrons. The Balaban J connectivity index is 1.69. The molecule has 0 amide bonds. The van der Waals surface area contributed by atoms with E-state index < -0.39 is 0 Å². The smallest absolute Gasteiger partial charge is 0.136 e. The van der Waals surface area contributed by atoms with Crippen LogP contribution in [0.25, 0.3) is 0 Å². The summed E-state index contributed by atoms with van der Waals surface area (Å²) in [6, 6.07) is 0. The number of methoxy groups -OCH3 is 1. The molecule has 128 valence electrons. The highest BCUT2D eigenvalue weighted by Gasteiger charge is 2.59. The largest absolute Gasteiger partial charge is 0.381 e. The summed E-state index contributed by atoms with van der Waals surface area (Å²) < 4.78 is 5.88. The maximum absolute atomic E-state index is 12.0. The van der Waals surface area contributed by atoms with Crippen LogP contribution in [0.2, 0.25) is 0 Å². The molecule has 3 saturated carbocycles. The lowest BCUT2D eigenvalue weighted by Crippen LogP contribution is -2.51. The van der Waals surface area contributed by atoms with Crippen molar-refractivity contribution in [2.45, 2.75) is 77.7 Å². The number of hydrogen-bond acceptors (Lipinski definition) is 2. The van der Waals surface area contributed by atoms with Gasteiger partial charge in [-0.25, -0.2) is 0 Å². The molecule has 4 aliphatic rings. The lowest BCUT2D eigenvalue weighted by atomic mass is 9.47. The van der Waals surface area contributed by atoms with Crippen LogP contribution in [0, 0.1) is 28.6 Å². The Kier molecular flexibility index (Phi) is 3.75. The second-order valence-corrected chi connectivity index (χ2v) is 8.91. The van der Waals surface area contributed by atoms with Crippen molar-refractivity contribution in [2.75, 3.05) is 7.11 Å². The van der Waals surface area contributed by atoms with Gasteiger partial charge in [-0.05, 0) is 73.5 Å². The van der Waals surface area contributed by atoms with Crippen LogP contribution < -0.4 is 0 Å². The van der Waals surface area contributed by atoms with Crippen molar-refractivity contribution in [3.8, 4) is 0 Å². The molecular formula is C21H32O2. The Bertz CT molecular complexity index is 536. The zero-order valence-corrected chi connectivity index (χ0v) is 15.1. The van der Waals surface area contributed by atoms with Gasteiger partial charge in [0.25, 0.3) is 0 Å². The molecule has 0 spiro atoms. The topological polar surface area (TPSA) is 26.3 Å². The normalized spacial score (nSPS) is 49.2. The number of rotatable bonds is 2. The van der Waals surface area contributed by atoms with Gasteiger partial charge in [0.05, 0.1) is 6.10 Å². The molecule has 2 nitrogen and oxygen atoms in total. The molecule has 0 unspecified atom stereocenters. The van der Waals surface area contributed by atoms with Gasteiger partial charge in [0.2, 0.25) is 0 Å². The fourth-order valence-corrected chi connectivity index (χ4v) is 7.28. The number of hydrogen-bond donors (Lipinski definition) is 0. The molecule has 0 N–H and O–H groups in total. The molecule has 0 aromatic rings. The average Bonchev–Trinajstić information content (AvgIpc) is 2.90. The van der Waals surface area contributed by atoms with E-state index in [1.54, 1.807) is 0 Å². The number of carbonyl (C=O) groups excluding carboxylic acids is 1. The number of Topliss-reactive ketones (excluding diaryl/α,β-unsaturated/α-hetero) is 1. The highest BCUT2D eigenvalue weighted by molar-refractivity contribution is 5.82. The van der Waals surface area contributed by atoms with Crippen LogP contribution in [0.4, 0.5) is 0 Å². The molecule has 4 rings (SSSR count). The summed E-state index contributed by atoms with van der Waals surface area (Å²) in [6.07, 6.45) is 13.3. The first-order chi connectivity index (χ1) is 11.0. The van der Waals surface area contributed by atoms with E-state index in [0.29, 0.717) is 22.7 Å². The fourth-order valence-electron chi connectivity index (χ4n) is 7.28. The van der Waals surface area contributed by atoms with Gasteiger partial charge in [0.1, 0.15) is 5.78 Å². The molecular weight excluding hydrogens is 284 g/mol. The van der Waals surface area contributed by atoms with E-state index in [0.717, 1.165) is 37.0 Å². The van der Waals surface area contributed by atoms with Gasteiger partial charge >= 0.3 is 0 Å². The number of fused-ring (bicyclic) bond motifs is 5. The quantitative estimate of drug-likeness (QED) is 0.676. The summed E-state index contributed by atoms with van der Waals surface area (Å²) in [5, 5.41) is 0. The van der Waals surface area contributed by atoms with Gasteiger partial charge in [-0.2, -0.15) is 0 Å². The van der Waals surface area contributed by atoms with E-state index in [9.17, 15) is 4.79 Å². The zero-order chi connectivity index (χ0) is 16.2. The van der Waals surface area contributed by atoms with Gasteiger partial charge in [-0.3, -0.25) is 4.79 Å². The third kappa shape index (κ3) is 2.06. The molecule has 0 aromatic heterocycles. The highest BCUT2D eigenvalue weighted by atomic mass is 16.5. The molecule has 0 aromatic carbocycles. The first-order valence-corrected chi connectivity index (χ1v) is 9.79. The van der Waals surface area contributed by atoms with Crippen LogP contribution in [0.5, 0.6) is 0 Å². The van der Waals surface area contributed by atoms with Gasteiger partial charge in [-0.15, -0.1) is 0 Å². The van der Waals surface area contributed by atoms with Crippen molar-refractivity contribution < 1.29 is 9.53 Å². The Labute approximate surface area is 141 Å². The molecule has 6 atom stereocenters. The number of ketones is 1. The summed E-state index contributed by atoms with van der Waals surface area (Å²) in [4.78, 5) is 12.0. The fraction of sp³-hybridized carbons (Fsp3) is 0.857. The number of carbonyl (C=O) groups is 1. The van der Waals surface area contributed by atoms with Gasteiger partial charge in [0.15, 0.2) is 0 Å². The standard InChI is InChI=1S/C21H32O2/c1-4-21-12-9-15(22)13-14(21)5-6-16-17-7-8-19(23-3)20(17,2)11-10-18(16)21/h5,16-19H,4,6-13H2,1-3H3/t16-,17-,18-,19-,20-,21-/m0/s1. The lowest BCUT2D eigenvalue weighted by molar-refractivity contribution is -0.123. The van der Waals surface area contributed by atoms with Crippen LogP contribution in [-0.2, 0) is 9.53 Å². The maximum Gasteiger partial charge on any atom is 0.136 e. The first kappa shape index (κ1) is 15.9.